The van der Waals surface area contributed by atoms with Crippen LogP contribution in [0.5, 0.6) is 0 Å². The second-order valence-electron chi connectivity index (χ2n) is 7.61. The Hall–Kier alpha value is -0.880. The first-order valence-electron chi connectivity index (χ1n) is 8.45. The number of sulfonamides is 1. The maximum Gasteiger partial charge on any atom is 0.330 e. The topological polar surface area (TPSA) is 63.7 Å². The lowest BCUT2D eigenvalue weighted by Crippen LogP contribution is -2.48. The summed E-state index contributed by atoms with van der Waals surface area (Å²) in [6.45, 7) is 11.0. The molecule has 0 unspecified atom stereocenters. The molecule has 5 nitrogen and oxygen atoms in total. The van der Waals surface area contributed by atoms with Gasteiger partial charge in [0.1, 0.15) is 6.10 Å². The molecule has 2 fully saturated rings. The first kappa shape index (κ1) is 18.5. The molecule has 0 saturated heterocycles. The molecule has 0 aromatic heterocycles. The van der Waals surface area contributed by atoms with Gasteiger partial charge in [0.05, 0.1) is 5.75 Å². The van der Waals surface area contributed by atoms with E-state index in [1.807, 2.05) is 27.7 Å². The number of hydrogen-bond donors (Lipinski definition) is 0. The zero-order valence-electron chi connectivity index (χ0n) is 14.6. The maximum absolute atomic E-state index is 13.0. The summed E-state index contributed by atoms with van der Waals surface area (Å²) in [4.78, 5) is 11.6. The summed E-state index contributed by atoms with van der Waals surface area (Å²) in [5.74, 6) is 0.0883. The molecular weight excluding hydrogens is 314 g/mol. The number of hydrogen-bond acceptors (Lipinski definition) is 4. The van der Waals surface area contributed by atoms with E-state index >= 15 is 0 Å². The molecule has 0 spiro atoms. The van der Waals surface area contributed by atoms with Gasteiger partial charge in [-0.05, 0) is 59.3 Å². The zero-order valence-corrected chi connectivity index (χ0v) is 15.4. The molecule has 2 aliphatic rings. The normalized spacial score (nSPS) is 30.4. The van der Waals surface area contributed by atoms with Crippen molar-refractivity contribution in [1.82, 2.24) is 4.31 Å². The number of esters is 1. The summed E-state index contributed by atoms with van der Waals surface area (Å²) >= 11 is 0. The predicted molar refractivity (Wildman–Crippen MR) is 90.4 cm³/mol. The number of rotatable bonds is 7. The van der Waals surface area contributed by atoms with Gasteiger partial charge in [-0.2, -0.15) is 4.31 Å². The second-order valence-corrected chi connectivity index (χ2v) is 9.48. The average Bonchev–Trinajstić information content (AvgIpc) is 2.93. The van der Waals surface area contributed by atoms with Gasteiger partial charge in [-0.3, -0.25) is 0 Å². The summed E-state index contributed by atoms with van der Waals surface area (Å²) in [5, 5.41) is 0. The van der Waals surface area contributed by atoms with Gasteiger partial charge in [0.2, 0.25) is 10.0 Å². The van der Waals surface area contributed by atoms with Crippen molar-refractivity contribution >= 4 is 16.0 Å². The van der Waals surface area contributed by atoms with Crippen molar-refractivity contribution in [3.8, 4) is 0 Å². The highest BCUT2D eigenvalue weighted by Gasteiger charge is 2.56. The number of nitrogens with zero attached hydrogens (tertiary/aromatic N) is 1. The molecule has 3 atom stereocenters. The zero-order chi connectivity index (χ0) is 17.4. The Labute approximate surface area is 140 Å². The van der Waals surface area contributed by atoms with E-state index in [1.165, 1.54) is 0 Å². The minimum Gasteiger partial charge on any atom is -0.459 e. The first-order chi connectivity index (χ1) is 10.6. The van der Waals surface area contributed by atoms with Crippen LogP contribution in [0.15, 0.2) is 12.7 Å². The molecule has 0 amide bonds. The smallest absolute Gasteiger partial charge is 0.330 e. The molecule has 0 aromatic rings. The van der Waals surface area contributed by atoms with E-state index in [1.54, 1.807) is 4.31 Å². The van der Waals surface area contributed by atoms with Crippen LogP contribution in [0, 0.1) is 11.3 Å². The van der Waals surface area contributed by atoms with Gasteiger partial charge >= 0.3 is 5.97 Å². The Morgan fingerprint density at radius 3 is 2.43 bits per heavy atom. The van der Waals surface area contributed by atoms with Crippen LogP contribution in [-0.4, -0.2) is 42.6 Å². The van der Waals surface area contributed by atoms with Gasteiger partial charge in [0.25, 0.3) is 0 Å². The minimum absolute atomic E-state index is 0.0714. The van der Waals surface area contributed by atoms with Crippen molar-refractivity contribution in [2.75, 3.05) is 5.75 Å². The number of fused-ring (bicyclic) bond motifs is 2. The van der Waals surface area contributed by atoms with Gasteiger partial charge < -0.3 is 4.74 Å². The fourth-order valence-corrected chi connectivity index (χ4v) is 7.19. The SMILES string of the molecule is C=CC(=O)O[C@H]1C[C@@H]2CC[C@@]1(CS(=O)(=O)N(C(C)C)C(C)C)C2. The molecule has 0 aromatic carbocycles. The summed E-state index contributed by atoms with van der Waals surface area (Å²) in [7, 11) is -3.41. The number of carbonyl (C=O) groups is 1. The van der Waals surface area contributed by atoms with Crippen molar-refractivity contribution < 1.29 is 17.9 Å². The lowest BCUT2D eigenvalue weighted by atomic mass is 9.83. The molecule has 132 valence electrons. The van der Waals surface area contributed by atoms with Gasteiger partial charge in [-0.15, -0.1) is 0 Å². The number of carbonyl (C=O) groups excluding carboxylic acids is 1. The number of ether oxygens (including phenoxy) is 1. The Bertz CT molecular complexity index is 561. The lowest BCUT2D eigenvalue weighted by molar-refractivity contribution is -0.148. The van der Waals surface area contributed by atoms with E-state index in [9.17, 15) is 13.2 Å². The molecule has 0 heterocycles. The Balaban J connectivity index is 2.24. The molecule has 2 saturated carbocycles. The average molecular weight is 343 g/mol. The largest absolute Gasteiger partial charge is 0.459 e. The van der Waals surface area contributed by atoms with Gasteiger partial charge in [0, 0.05) is 23.6 Å². The van der Waals surface area contributed by atoms with Crippen LogP contribution in [0.2, 0.25) is 0 Å². The van der Waals surface area contributed by atoms with Gasteiger partial charge in [-0.1, -0.05) is 6.58 Å². The molecular formula is C17H29NO4S. The van der Waals surface area contributed by atoms with Gasteiger partial charge in [-0.25, -0.2) is 13.2 Å². The molecule has 2 rings (SSSR count). The van der Waals surface area contributed by atoms with E-state index in [-0.39, 0.29) is 23.9 Å². The van der Waals surface area contributed by atoms with Crippen LogP contribution >= 0.6 is 0 Å². The highest BCUT2D eigenvalue weighted by molar-refractivity contribution is 7.89. The fourth-order valence-electron chi connectivity index (χ4n) is 4.58. The maximum atomic E-state index is 13.0. The molecule has 0 radical (unpaired) electrons. The molecule has 2 aliphatic carbocycles. The van der Waals surface area contributed by atoms with E-state index in [4.69, 9.17) is 4.74 Å². The Morgan fingerprint density at radius 2 is 1.96 bits per heavy atom. The van der Waals surface area contributed by atoms with Gasteiger partial charge in [0.15, 0.2) is 0 Å². The van der Waals surface area contributed by atoms with Crippen molar-refractivity contribution in [3.63, 3.8) is 0 Å². The van der Waals surface area contributed by atoms with Crippen LogP contribution in [-0.2, 0) is 19.6 Å². The van der Waals surface area contributed by atoms with Crippen LogP contribution in [0.25, 0.3) is 0 Å². The van der Waals surface area contributed by atoms with Crippen LogP contribution in [0.4, 0.5) is 0 Å². The molecule has 6 heteroatoms. The van der Waals surface area contributed by atoms with Crippen LogP contribution in [0.1, 0.15) is 53.4 Å². The lowest BCUT2D eigenvalue weighted by Gasteiger charge is -2.37. The Kier molecular flexibility index (Phi) is 5.26. The van der Waals surface area contributed by atoms with E-state index < -0.39 is 21.4 Å². The second kappa shape index (κ2) is 6.55. The third kappa shape index (κ3) is 3.63. The highest BCUT2D eigenvalue weighted by Crippen LogP contribution is 2.56. The van der Waals surface area contributed by atoms with E-state index in [2.05, 4.69) is 6.58 Å². The van der Waals surface area contributed by atoms with Crippen LogP contribution in [0.3, 0.4) is 0 Å². The fraction of sp³-hybridized carbons (Fsp3) is 0.824. The molecule has 2 bridgehead atoms. The van der Waals surface area contributed by atoms with Crippen molar-refractivity contribution in [1.29, 1.82) is 0 Å². The van der Waals surface area contributed by atoms with Crippen molar-refractivity contribution in [2.45, 2.75) is 71.6 Å². The standard InChI is InChI=1S/C17H29NO4S/c1-6-16(19)22-15-9-14-7-8-17(15,10-14)11-23(20,21)18(12(2)3)13(4)5/h6,12-15H,1,7-11H2,2-5H3/t14-,15-,17-/m0/s1. The monoisotopic (exact) mass is 343 g/mol. The third-order valence-corrected chi connectivity index (χ3v) is 7.64. The third-order valence-electron chi connectivity index (χ3n) is 5.21. The summed E-state index contributed by atoms with van der Waals surface area (Å²) < 4.78 is 33.1. The molecule has 23 heavy (non-hydrogen) atoms. The summed E-state index contributed by atoms with van der Waals surface area (Å²) in [6, 6.07) is -0.159. The van der Waals surface area contributed by atoms with Crippen molar-refractivity contribution in [3.05, 3.63) is 12.7 Å². The quantitative estimate of drug-likeness (QED) is 0.527. The predicted octanol–water partition coefficient (Wildman–Crippen LogP) is 2.72. The Morgan fingerprint density at radius 1 is 1.35 bits per heavy atom. The van der Waals surface area contributed by atoms with E-state index in [0.29, 0.717) is 5.92 Å². The minimum atomic E-state index is -3.41. The first-order valence-corrected chi connectivity index (χ1v) is 10.1. The summed E-state index contributed by atoms with van der Waals surface area (Å²) in [5.41, 5.74) is -0.426. The van der Waals surface area contributed by atoms with Crippen LogP contribution < -0.4 is 0 Å². The molecule has 0 aliphatic heterocycles. The summed E-state index contributed by atoms with van der Waals surface area (Å²) in [6.07, 6.45) is 4.31. The van der Waals surface area contributed by atoms with E-state index in [0.717, 1.165) is 31.8 Å². The highest BCUT2D eigenvalue weighted by atomic mass is 32.2. The molecule has 0 N–H and O–H groups in total. The van der Waals surface area contributed by atoms with Crippen molar-refractivity contribution in [2.24, 2.45) is 11.3 Å².